The summed E-state index contributed by atoms with van der Waals surface area (Å²) in [6.45, 7) is 4.64. The number of thioether (sulfide) groups is 1. The number of fused-ring (bicyclic) bond motifs is 2. The average molecular weight is 467 g/mol. The van der Waals surface area contributed by atoms with Gasteiger partial charge in [-0.3, -0.25) is 5.41 Å². The normalized spacial score (nSPS) is 14.8. The smallest absolute Gasteiger partial charge is 0.0961 e. The molecule has 0 saturated carbocycles. The fourth-order valence-electron chi connectivity index (χ4n) is 4.53. The van der Waals surface area contributed by atoms with Crippen molar-refractivity contribution in [2.75, 3.05) is 0 Å². The van der Waals surface area contributed by atoms with E-state index in [9.17, 15) is 0 Å². The van der Waals surface area contributed by atoms with Gasteiger partial charge in [0.15, 0.2) is 0 Å². The zero-order chi connectivity index (χ0) is 23.0. The first-order valence-corrected chi connectivity index (χ1v) is 12.7. The lowest BCUT2D eigenvalue weighted by molar-refractivity contribution is 0.609. The first-order valence-electron chi connectivity index (χ1n) is 11.0. The van der Waals surface area contributed by atoms with E-state index in [1.807, 2.05) is 54.2 Å². The van der Waals surface area contributed by atoms with Gasteiger partial charge in [-0.05, 0) is 39.9 Å². The van der Waals surface area contributed by atoms with E-state index in [-0.39, 0.29) is 10.8 Å². The van der Waals surface area contributed by atoms with Crippen LogP contribution in [0.3, 0.4) is 0 Å². The molecular formula is C29H26N2S2. The minimum Gasteiger partial charge on any atom is -0.315 e. The van der Waals surface area contributed by atoms with Crippen LogP contribution in [0.15, 0.2) is 107 Å². The summed E-state index contributed by atoms with van der Waals surface area (Å²) in [5, 5.41) is 8.79. The largest absolute Gasteiger partial charge is 0.315 e. The third kappa shape index (κ3) is 4.15. The van der Waals surface area contributed by atoms with Gasteiger partial charge in [-0.1, -0.05) is 122 Å². The van der Waals surface area contributed by atoms with Crippen LogP contribution >= 0.6 is 23.5 Å². The minimum atomic E-state index is -0.252. The van der Waals surface area contributed by atoms with Gasteiger partial charge in [-0.2, -0.15) is 0 Å². The van der Waals surface area contributed by atoms with Crippen LogP contribution in [-0.2, 0) is 5.41 Å². The van der Waals surface area contributed by atoms with Gasteiger partial charge >= 0.3 is 0 Å². The van der Waals surface area contributed by atoms with Crippen LogP contribution < -0.4 is 5.73 Å². The average Bonchev–Trinajstić information content (AvgIpc) is 2.84. The molecule has 1 unspecified atom stereocenters. The highest BCUT2D eigenvalue weighted by Gasteiger charge is 2.34. The van der Waals surface area contributed by atoms with Crippen LogP contribution in [0.4, 0.5) is 0 Å². The zero-order valence-electron chi connectivity index (χ0n) is 18.7. The summed E-state index contributed by atoms with van der Waals surface area (Å²) in [7, 11) is 0. The molecule has 1 heterocycles. The Morgan fingerprint density at radius 3 is 2.24 bits per heavy atom. The molecule has 0 aliphatic carbocycles. The van der Waals surface area contributed by atoms with Crippen molar-refractivity contribution in [2.45, 2.75) is 34.4 Å². The molecule has 0 bridgehead atoms. The quantitative estimate of drug-likeness (QED) is 0.183. The van der Waals surface area contributed by atoms with E-state index in [0.717, 1.165) is 11.1 Å². The van der Waals surface area contributed by atoms with Crippen molar-refractivity contribution >= 4 is 28.6 Å². The van der Waals surface area contributed by atoms with Crippen LogP contribution in [0.5, 0.6) is 0 Å². The summed E-state index contributed by atoms with van der Waals surface area (Å²) >= 11 is 3.24. The van der Waals surface area contributed by atoms with Crippen molar-refractivity contribution in [2.24, 2.45) is 5.73 Å². The second kappa shape index (κ2) is 8.86. The Bertz CT molecular complexity index is 1310. The maximum Gasteiger partial charge on any atom is 0.0961 e. The Balaban J connectivity index is 1.44. The topological polar surface area (TPSA) is 49.9 Å². The molecule has 4 aromatic rings. The standard InChI is InChI=1S/C29H26N2S2/c1-29(2)23-12-6-7-13-24(23)32-25-14-8-11-22(26(25)29)19-15-17-21(18-16-19)28(31)33-27(30)20-9-4-3-5-10-20/h3-18,27,31H,30H2,1-2H3. The van der Waals surface area contributed by atoms with Gasteiger partial charge in [0.25, 0.3) is 0 Å². The third-order valence-electron chi connectivity index (χ3n) is 6.26. The molecule has 0 spiro atoms. The summed E-state index contributed by atoms with van der Waals surface area (Å²) in [6.07, 6.45) is 0. The van der Waals surface area contributed by atoms with Crippen LogP contribution in [0.25, 0.3) is 11.1 Å². The molecule has 0 radical (unpaired) electrons. The maximum absolute atomic E-state index is 8.56. The van der Waals surface area contributed by atoms with Crippen LogP contribution in [0.1, 0.15) is 41.5 Å². The van der Waals surface area contributed by atoms with Crippen molar-refractivity contribution < 1.29 is 0 Å². The molecule has 1 atom stereocenters. The lowest BCUT2D eigenvalue weighted by atomic mass is 9.74. The summed E-state index contributed by atoms with van der Waals surface area (Å²) in [4.78, 5) is 2.65. The van der Waals surface area contributed by atoms with E-state index < -0.39 is 0 Å². The highest BCUT2D eigenvalue weighted by Crippen LogP contribution is 2.51. The fourth-order valence-corrected chi connectivity index (χ4v) is 6.78. The highest BCUT2D eigenvalue weighted by molar-refractivity contribution is 8.14. The lowest BCUT2D eigenvalue weighted by Gasteiger charge is -2.36. The second-order valence-electron chi connectivity index (χ2n) is 8.76. The van der Waals surface area contributed by atoms with Crippen molar-refractivity contribution in [3.05, 3.63) is 119 Å². The van der Waals surface area contributed by atoms with Crippen LogP contribution in [-0.4, -0.2) is 5.04 Å². The van der Waals surface area contributed by atoms with E-state index in [1.54, 1.807) is 0 Å². The van der Waals surface area contributed by atoms with Gasteiger partial charge < -0.3 is 5.73 Å². The molecule has 164 valence electrons. The third-order valence-corrected chi connectivity index (χ3v) is 8.40. The molecule has 4 heteroatoms. The fraction of sp³-hybridized carbons (Fsp3) is 0.138. The Morgan fingerprint density at radius 1 is 0.818 bits per heavy atom. The molecule has 0 saturated heterocycles. The number of nitrogens with one attached hydrogen (secondary N) is 1. The predicted molar refractivity (Wildman–Crippen MR) is 142 cm³/mol. The van der Waals surface area contributed by atoms with Gasteiger partial charge in [0.05, 0.1) is 10.4 Å². The first-order chi connectivity index (χ1) is 15.9. The van der Waals surface area contributed by atoms with Gasteiger partial charge in [0.2, 0.25) is 0 Å². The van der Waals surface area contributed by atoms with Gasteiger partial charge in [0, 0.05) is 20.8 Å². The predicted octanol–water partition coefficient (Wildman–Crippen LogP) is 7.86. The number of benzene rings is 4. The molecule has 0 aromatic heterocycles. The van der Waals surface area contributed by atoms with Crippen LogP contribution in [0.2, 0.25) is 0 Å². The van der Waals surface area contributed by atoms with Gasteiger partial charge in [-0.15, -0.1) is 0 Å². The van der Waals surface area contributed by atoms with Crippen molar-refractivity contribution in [1.29, 1.82) is 5.41 Å². The molecule has 5 rings (SSSR count). The Labute approximate surface area is 204 Å². The van der Waals surface area contributed by atoms with Crippen molar-refractivity contribution in [3.8, 4) is 11.1 Å². The van der Waals surface area contributed by atoms with E-state index in [4.69, 9.17) is 11.1 Å². The van der Waals surface area contributed by atoms with E-state index in [1.165, 1.54) is 43.8 Å². The van der Waals surface area contributed by atoms with E-state index in [0.29, 0.717) is 5.04 Å². The number of rotatable bonds is 4. The molecule has 0 amide bonds. The Hall–Kier alpha value is -2.79. The molecule has 1 aliphatic heterocycles. The Morgan fingerprint density at radius 2 is 1.48 bits per heavy atom. The Kier molecular flexibility index (Phi) is 5.92. The number of hydrogen-bond acceptors (Lipinski definition) is 4. The molecule has 3 N–H and O–H groups in total. The van der Waals surface area contributed by atoms with E-state index >= 15 is 0 Å². The summed E-state index contributed by atoms with van der Waals surface area (Å²) in [6, 6.07) is 33.6. The molecule has 1 aliphatic rings. The maximum atomic E-state index is 8.56. The summed E-state index contributed by atoms with van der Waals surface area (Å²) in [5.41, 5.74) is 13.3. The molecule has 4 aromatic carbocycles. The van der Waals surface area contributed by atoms with Gasteiger partial charge in [0.1, 0.15) is 0 Å². The van der Waals surface area contributed by atoms with Crippen molar-refractivity contribution in [3.63, 3.8) is 0 Å². The molecule has 0 fully saturated rings. The number of hydrogen-bond donors (Lipinski definition) is 2. The number of nitrogens with two attached hydrogens (primary N) is 1. The first kappa shape index (κ1) is 22.0. The molecule has 33 heavy (non-hydrogen) atoms. The zero-order valence-corrected chi connectivity index (χ0v) is 20.3. The SMILES string of the molecule is CC1(C)c2ccccc2Sc2cccc(-c3ccc(C(=N)SC(N)c4ccccc4)cc3)c21. The summed E-state index contributed by atoms with van der Waals surface area (Å²) in [5.74, 6) is 0. The van der Waals surface area contributed by atoms with E-state index in [2.05, 4.69) is 68.4 Å². The minimum absolute atomic E-state index is 0.0859. The molecular weight excluding hydrogens is 440 g/mol. The molecule has 2 nitrogen and oxygen atoms in total. The van der Waals surface area contributed by atoms with Gasteiger partial charge in [-0.25, -0.2) is 0 Å². The lowest BCUT2D eigenvalue weighted by Crippen LogP contribution is -2.24. The second-order valence-corrected chi connectivity index (χ2v) is 11.0. The highest BCUT2D eigenvalue weighted by atomic mass is 32.2. The van der Waals surface area contributed by atoms with Crippen LogP contribution in [0, 0.1) is 5.41 Å². The monoisotopic (exact) mass is 466 g/mol. The summed E-state index contributed by atoms with van der Waals surface area (Å²) < 4.78 is 0. The van der Waals surface area contributed by atoms with Crippen molar-refractivity contribution in [1.82, 2.24) is 0 Å².